The Kier molecular flexibility index (Phi) is 7.72. The van der Waals surface area contributed by atoms with Crippen LogP contribution in [0.2, 0.25) is 0 Å². The summed E-state index contributed by atoms with van der Waals surface area (Å²) in [6, 6.07) is 15.8. The average molecular weight is 436 g/mol. The van der Waals surface area contributed by atoms with Gasteiger partial charge < -0.3 is 9.64 Å². The Bertz CT molecular complexity index is 1060. The predicted octanol–water partition coefficient (Wildman–Crippen LogP) is 3.57. The molecule has 0 saturated carbocycles. The van der Waals surface area contributed by atoms with Crippen LogP contribution in [0.5, 0.6) is 5.75 Å². The second kappa shape index (κ2) is 11.1. The molecule has 4 rings (SSSR count). The molecule has 0 bridgehead atoms. The topological polar surface area (TPSA) is 63.5 Å². The van der Waals surface area contributed by atoms with Crippen molar-refractivity contribution in [3.05, 3.63) is 58.9 Å². The molecule has 7 heteroatoms. The minimum Gasteiger partial charge on any atom is -0.491 e. The van der Waals surface area contributed by atoms with E-state index in [9.17, 15) is 4.79 Å². The monoisotopic (exact) mass is 435 g/mol. The largest absolute Gasteiger partial charge is 0.491 e. The van der Waals surface area contributed by atoms with Crippen molar-refractivity contribution in [2.45, 2.75) is 39.2 Å². The highest BCUT2D eigenvalue weighted by atomic mass is 16.5. The molecular formula is C25H33N5O2. The summed E-state index contributed by atoms with van der Waals surface area (Å²) in [5.74, 6) is 0.995. The molecule has 1 aliphatic rings. The first-order valence-electron chi connectivity index (χ1n) is 11.8. The van der Waals surface area contributed by atoms with Crippen molar-refractivity contribution in [1.29, 1.82) is 0 Å². The van der Waals surface area contributed by atoms with Crippen LogP contribution in [-0.2, 0) is 6.54 Å². The van der Waals surface area contributed by atoms with Gasteiger partial charge in [-0.15, -0.1) is 5.10 Å². The SMILES string of the molecule is CCCOc1ccccc1N1CCN(CCCCCn2nnc3ccccc3c2=O)CC1. The van der Waals surface area contributed by atoms with Crippen LogP contribution in [0.25, 0.3) is 10.9 Å². The van der Waals surface area contributed by atoms with Crippen molar-refractivity contribution in [2.24, 2.45) is 0 Å². The third-order valence-corrected chi connectivity index (χ3v) is 6.01. The molecule has 7 nitrogen and oxygen atoms in total. The van der Waals surface area contributed by atoms with Gasteiger partial charge >= 0.3 is 0 Å². The molecule has 0 radical (unpaired) electrons. The zero-order valence-electron chi connectivity index (χ0n) is 18.9. The Morgan fingerprint density at radius 1 is 0.906 bits per heavy atom. The average Bonchev–Trinajstić information content (AvgIpc) is 2.84. The van der Waals surface area contributed by atoms with Crippen molar-refractivity contribution >= 4 is 16.6 Å². The number of hydrogen-bond acceptors (Lipinski definition) is 6. The number of aromatic nitrogens is 3. The molecule has 2 aromatic carbocycles. The van der Waals surface area contributed by atoms with Gasteiger partial charge in [0.15, 0.2) is 0 Å². The van der Waals surface area contributed by atoms with Crippen LogP contribution in [0, 0.1) is 0 Å². The molecule has 1 aliphatic heterocycles. The first kappa shape index (κ1) is 22.3. The molecule has 0 unspecified atom stereocenters. The summed E-state index contributed by atoms with van der Waals surface area (Å²) in [5.41, 5.74) is 1.82. The van der Waals surface area contributed by atoms with Gasteiger partial charge in [-0.25, -0.2) is 4.68 Å². The Hall–Kier alpha value is -2.93. The fraction of sp³-hybridized carbons (Fsp3) is 0.480. The lowest BCUT2D eigenvalue weighted by Crippen LogP contribution is -2.46. The lowest BCUT2D eigenvalue weighted by atomic mass is 10.2. The lowest BCUT2D eigenvalue weighted by Gasteiger charge is -2.36. The summed E-state index contributed by atoms with van der Waals surface area (Å²) < 4.78 is 7.44. The Morgan fingerprint density at radius 3 is 2.50 bits per heavy atom. The number of unbranched alkanes of at least 4 members (excludes halogenated alkanes) is 2. The summed E-state index contributed by atoms with van der Waals surface area (Å²) in [6.07, 6.45) is 4.17. The van der Waals surface area contributed by atoms with Crippen LogP contribution in [0.15, 0.2) is 53.3 Å². The predicted molar refractivity (Wildman–Crippen MR) is 129 cm³/mol. The van der Waals surface area contributed by atoms with Crippen molar-refractivity contribution in [3.63, 3.8) is 0 Å². The number of anilines is 1. The number of nitrogens with zero attached hydrogens (tertiary/aromatic N) is 5. The third kappa shape index (κ3) is 5.46. The van der Waals surface area contributed by atoms with E-state index >= 15 is 0 Å². The summed E-state index contributed by atoms with van der Waals surface area (Å²) in [4.78, 5) is 17.5. The Balaban J connectivity index is 1.19. The number of hydrogen-bond donors (Lipinski definition) is 0. The van der Waals surface area contributed by atoms with Gasteiger partial charge in [-0.2, -0.15) is 0 Å². The van der Waals surface area contributed by atoms with Gasteiger partial charge in [0.2, 0.25) is 0 Å². The Morgan fingerprint density at radius 2 is 1.66 bits per heavy atom. The number of ether oxygens (including phenoxy) is 1. The van der Waals surface area contributed by atoms with Crippen LogP contribution in [0.4, 0.5) is 5.69 Å². The highest BCUT2D eigenvalue weighted by Gasteiger charge is 2.19. The first-order chi connectivity index (χ1) is 15.8. The molecule has 0 amide bonds. The van der Waals surface area contributed by atoms with E-state index in [-0.39, 0.29) is 5.56 Å². The van der Waals surface area contributed by atoms with E-state index in [0.717, 1.165) is 70.8 Å². The number of rotatable bonds is 10. The standard InChI is InChI=1S/C25H33N5O2/c1-2-20-32-24-13-7-6-12-23(24)29-18-16-28(17-19-29)14-8-3-9-15-30-25(31)21-10-4-5-11-22(21)26-27-30/h4-7,10-13H,2-3,8-9,14-20H2,1H3. The van der Waals surface area contributed by atoms with Gasteiger partial charge in [-0.05, 0) is 50.1 Å². The molecule has 0 N–H and O–H groups in total. The van der Waals surface area contributed by atoms with Crippen molar-refractivity contribution < 1.29 is 4.74 Å². The van der Waals surface area contributed by atoms with Crippen LogP contribution in [0.3, 0.4) is 0 Å². The summed E-state index contributed by atoms with van der Waals surface area (Å²) in [6.45, 7) is 8.79. The maximum absolute atomic E-state index is 12.5. The second-order valence-corrected chi connectivity index (χ2v) is 8.34. The summed E-state index contributed by atoms with van der Waals surface area (Å²) in [7, 11) is 0. The van der Waals surface area contributed by atoms with E-state index in [1.54, 1.807) is 0 Å². The van der Waals surface area contributed by atoms with Gasteiger partial charge in [0.05, 0.1) is 17.7 Å². The Labute approximate surface area is 189 Å². The normalized spacial score (nSPS) is 14.7. The minimum atomic E-state index is -0.0464. The van der Waals surface area contributed by atoms with Crippen LogP contribution in [0.1, 0.15) is 32.6 Å². The molecule has 2 heterocycles. The van der Waals surface area contributed by atoms with Crippen LogP contribution < -0.4 is 15.2 Å². The minimum absolute atomic E-state index is 0.0464. The quantitative estimate of drug-likeness (QED) is 0.454. The second-order valence-electron chi connectivity index (χ2n) is 8.34. The molecule has 32 heavy (non-hydrogen) atoms. The van der Waals surface area contributed by atoms with E-state index in [1.807, 2.05) is 30.3 Å². The van der Waals surface area contributed by atoms with E-state index in [4.69, 9.17) is 4.74 Å². The molecule has 0 atom stereocenters. The number of aryl methyl sites for hydroxylation is 1. The number of piperazine rings is 1. The molecule has 1 fully saturated rings. The number of fused-ring (bicyclic) bond motifs is 1. The fourth-order valence-corrected chi connectivity index (χ4v) is 4.21. The lowest BCUT2D eigenvalue weighted by molar-refractivity contribution is 0.249. The molecule has 170 valence electrons. The van der Waals surface area contributed by atoms with Crippen LogP contribution >= 0.6 is 0 Å². The van der Waals surface area contributed by atoms with Gasteiger partial charge in [-0.3, -0.25) is 9.69 Å². The van der Waals surface area contributed by atoms with Crippen molar-refractivity contribution in [1.82, 2.24) is 19.9 Å². The van der Waals surface area contributed by atoms with Crippen molar-refractivity contribution in [3.8, 4) is 5.75 Å². The molecule has 0 spiro atoms. The summed E-state index contributed by atoms with van der Waals surface area (Å²) in [5, 5.41) is 8.89. The highest BCUT2D eigenvalue weighted by Crippen LogP contribution is 2.29. The number of para-hydroxylation sites is 2. The van der Waals surface area contributed by atoms with Gasteiger partial charge in [0, 0.05) is 32.7 Å². The van der Waals surface area contributed by atoms with Crippen LogP contribution in [-0.4, -0.2) is 59.2 Å². The van der Waals surface area contributed by atoms with E-state index in [1.165, 1.54) is 10.4 Å². The van der Waals surface area contributed by atoms with E-state index < -0.39 is 0 Å². The first-order valence-corrected chi connectivity index (χ1v) is 11.8. The molecular weight excluding hydrogens is 402 g/mol. The maximum Gasteiger partial charge on any atom is 0.277 e. The zero-order valence-corrected chi connectivity index (χ0v) is 18.9. The smallest absolute Gasteiger partial charge is 0.277 e. The molecule has 3 aromatic rings. The van der Waals surface area contributed by atoms with Gasteiger partial charge in [0.25, 0.3) is 5.56 Å². The fourth-order valence-electron chi connectivity index (χ4n) is 4.21. The zero-order chi connectivity index (χ0) is 22.2. The molecule has 0 aliphatic carbocycles. The summed E-state index contributed by atoms with van der Waals surface area (Å²) >= 11 is 0. The van der Waals surface area contributed by atoms with E-state index in [2.05, 4.69) is 45.2 Å². The van der Waals surface area contributed by atoms with Gasteiger partial charge in [0.1, 0.15) is 11.3 Å². The maximum atomic E-state index is 12.5. The van der Waals surface area contributed by atoms with Crippen molar-refractivity contribution in [2.75, 3.05) is 44.2 Å². The van der Waals surface area contributed by atoms with E-state index in [0.29, 0.717) is 17.4 Å². The number of benzene rings is 2. The van der Waals surface area contributed by atoms with Gasteiger partial charge in [-0.1, -0.05) is 42.8 Å². The highest BCUT2D eigenvalue weighted by molar-refractivity contribution is 5.76. The molecule has 1 aromatic heterocycles. The third-order valence-electron chi connectivity index (χ3n) is 6.01. The molecule has 1 saturated heterocycles.